The molecule has 0 aromatic heterocycles. The Kier molecular flexibility index (Phi) is 5.94. The largest absolute Gasteiger partial charge is 0.483 e. The number of rotatable bonds is 4. The van der Waals surface area contributed by atoms with Gasteiger partial charge in [0.1, 0.15) is 5.75 Å². The molecule has 2 aromatic rings. The highest BCUT2D eigenvalue weighted by Crippen LogP contribution is 2.33. The molecule has 0 bridgehead atoms. The number of benzene rings is 2. The fourth-order valence-electron chi connectivity index (χ4n) is 2.91. The molecule has 0 aliphatic carbocycles. The minimum absolute atomic E-state index is 0.0164. The highest BCUT2D eigenvalue weighted by molar-refractivity contribution is 9.10. The molecule has 0 spiro atoms. The number of halogens is 1. The van der Waals surface area contributed by atoms with Crippen molar-refractivity contribution in [1.29, 1.82) is 0 Å². The maximum atomic E-state index is 12.4. The van der Waals surface area contributed by atoms with Crippen LogP contribution in [-0.2, 0) is 10.2 Å². The molecular weight excluding hydrogens is 378 g/mol. The molecule has 0 heterocycles. The van der Waals surface area contributed by atoms with Gasteiger partial charge in [0, 0.05) is 15.7 Å². The fourth-order valence-corrected chi connectivity index (χ4v) is 3.27. The van der Waals surface area contributed by atoms with Crippen molar-refractivity contribution in [2.45, 2.75) is 47.0 Å². The summed E-state index contributed by atoms with van der Waals surface area (Å²) in [5.41, 5.74) is 5.17. The van der Waals surface area contributed by atoms with E-state index in [1.54, 1.807) is 0 Å². The van der Waals surface area contributed by atoms with Gasteiger partial charge in [0.2, 0.25) is 0 Å². The van der Waals surface area contributed by atoms with Crippen LogP contribution in [0, 0.1) is 20.8 Å². The number of amides is 1. The summed E-state index contributed by atoms with van der Waals surface area (Å²) >= 11 is 3.50. The number of hydrogen-bond donors (Lipinski definition) is 1. The van der Waals surface area contributed by atoms with E-state index in [0.29, 0.717) is 0 Å². The Morgan fingerprint density at radius 1 is 1.08 bits per heavy atom. The predicted octanol–water partition coefficient (Wildman–Crippen LogP) is 5.69. The third-order valence-electron chi connectivity index (χ3n) is 4.05. The van der Waals surface area contributed by atoms with E-state index < -0.39 is 0 Å². The molecule has 1 amide bonds. The molecule has 4 heteroatoms. The zero-order valence-electron chi connectivity index (χ0n) is 15.8. The van der Waals surface area contributed by atoms with Gasteiger partial charge in [-0.15, -0.1) is 0 Å². The zero-order chi connectivity index (χ0) is 18.8. The first-order chi connectivity index (χ1) is 11.6. The van der Waals surface area contributed by atoms with Gasteiger partial charge in [0.05, 0.1) is 0 Å². The van der Waals surface area contributed by atoms with Gasteiger partial charge in [0.25, 0.3) is 5.91 Å². The number of anilines is 1. The van der Waals surface area contributed by atoms with Gasteiger partial charge in [-0.2, -0.15) is 0 Å². The Balaban J connectivity index is 2.11. The quantitative estimate of drug-likeness (QED) is 0.711. The Hall–Kier alpha value is -1.81. The molecule has 0 aliphatic heterocycles. The molecule has 2 rings (SSSR count). The van der Waals surface area contributed by atoms with Crippen molar-refractivity contribution in [3.63, 3.8) is 0 Å². The average molecular weight is 404 g/mol. The third kappa shape index (κ3) is 5.08. The number of carbonyl (C=O) groups is 1. The number of carbonyl (C=O) groups excluding carboxylic acids is 1. The van der Waals surface area contributed by atoms with Crippen LogP contribution in [0.3, 0.4) is 0 Å². The van der Waals surface area contributed by atoms with Gasteiger partial charge in [0.15, 0.2) is 6.61 Å². The van der Waals surface area contributed by atoms with Gasteiger partial charge in [-0.25, -0.2) is 0 Å². The maximum absolute atomic E-state index is 12.4. The first-order valence-corrected chi connectivity index (χ1v) is 9.18. The summed E-state index contributed by atoms with van der Waals surface area (Å²) in [7, 11) is 0. The minimum atomic E-state index is -0.155. The van der Waals surface area contributed by atoms with Crippen molar-refractivity contribution in [2.75, 3.05) is 11.9 Å². The van der Waals surface area contributed by atoms with Crippen LogP contribution >= 0.6 is 15.9 Å². The SMILES string of the molecule is Cc1cc(C)c(NC(=O)COc2ccc(Br)cc2C(C)(C)C)c(C)c1. The van der Waals surface area contributed by atoms with Crippen molar-refractivity contribution in [3.05, 3.63) is 57.1 Å². The monoisotopic (exact) mass is 403 g/mol. The van der Waals surface area contributed by atoms with Gasteiger partial charge in [-0.3, -0.25) is 4.79 Å². The molecule has 25 heavy (non-hydrogen) atoms. The van der Waals surface area contributed by atoms with Crippen LogP contribution in [-0.4, -0.2) is 12.5 Å². The summed E-state index contributed by atoms with van der Waals surface area (Å²) in [5.74, 6) is 0.584. The van der Waals surface area contributed by atoms with Crippen LogP contribution in [0.5, 0.6) is 5.75 Å². The lowest BCUT2D eigenvalue weighted by atomic mass is 9.86. The van der Waals surface area contributed by atoms with Crippen molar-refractivity contribution < 1.29 is 9.53 Å². The second-order valence-corrected chi connectivity index (χ2v) is 8.42. The molecule has 0 saturated carbocycles. The number of ether oxygens (including phenoxy) is 1. The lowest BCUT2D eigenvalue weighted by molar-refractivity contribution is -0.118. The summed E-state index contributed by atoms with van der Waals surface area (Å²) < 4.78 is 6.82. The first-order valence-electron chi connectivity index (χ1n) is 8.38. The van der Waals surface area contributed by atoms with Gasteiger partial charge in [-0.1, -0.05) is 54.4 Å². The van der Waals surface area contributed by atoms with Crippen molar-refractivity contribution in [3.8, 4) is 5.75 Å². The van der Waals surface area contributed by atoms with Crippen molar-refractivity contribution in [2.24, 2.45) is 0 Å². The van der Waals surface area contributed by atoms with E-state index >= 15 is 0 Å². The van der Waals surface area contributed by atoms with E-state index in [2.05, 4.69) is 61.1 Å². The van der Waals surface area contributed by atoms with E-state index in [-0.39, 0.29) is 17.9 Å². The number of hydrogen-bond acceptors (Lipinski definition) is 2. The van der Waals surface area contributed by atoms with Crippen LogP contribution in [0.25, 0.3) is 0 Å². The molecule has 0 aliphatic rings. The summed E-state index contributed by atoms with van der Waals surface area (Å²) in [4.78, 5) is 12.4. The van der Waals surface area contributed by atoms with E-state index in [4.69, 9.17) is 4.74 Å². The molecule has 2 aromatic carbocycles. The zero-order valence-corrected chi connectivity index (χ0v) is 17.4. The predicted molar refractivity (Wildman–Crippen MR) is 108 cm³/mol. The standard InChI is InChI=1S/C21H26BrNO2/c1-13-9-14(2)20(15(3)10-13)23-19(24)12-25-18-8-7-16(22)11-17(18)21(4,5)6/h7-11H,12H2,1-6H3,(H,23,24). The van der Waals surface area contributed by atoms with E-state index in [0.717, 1.165) is 32.6 Å². The van der Waals surface area contributed by atoms with Crippen LogP contribution in [0.4, 0.5) is 5.69 Å². The summed E-state index contributed by atoms with van der Waals surface area (Å²) in [5, 5.41) is 2.97. The summed E-state index contributed by atoms with van der Waals surface area (Å²) in [6, 6.07) is 10.0. The second-order valence-electron chi connectivity index (χ2n) is 7.50. The normalized spacial score (nSPS) is 11.3. The van der Waals surface area contributed by atoms with Crippen LogP contribution in [0.1, 0.15) is 43.0 Å². The van der Waals surface area contributed by atoms with Crippen molar-refractivity contribution >= 4 is 27.5 Å². The lowest BCUT2D eigenvalue weighted by Gasteiger charge is -2.23. The molecule has 1 N–H and O–H groups in total. The maximum Gasteiger partial charge on any atom is 0.262 e. The van der Waals surface area contributed by atoms with Gasteiger partial charge < -0.3 is 10.1 Å². The van der Waals surface area contributed by atoms with Crippen LogP contribution < -0.4 is 10.1 Å². The van der Waals surface area contributed by atoms with Crippen molar-refractivity contribution in [1.82, 2.24) is 0 Å². The highest BCUT2D eigenvalue weighted by atomic mass is 79.9. The Bertz CT molecular complexity index is 768. The fraction of sp³-hybridized carbons (Fsp3) is 0.381. The molecule has 0 saturated heterocycles. The van der Waals surface area contributed by atoms with E-state index in [1.165, 1.54) is 5.56 Å². The van der Waals surface area contributed by atoms with E-state index in [9.17, 15) is 4.79 Å². The topological polar surface area (TPSA) is 38.3 Å². The molecule has 134 valence electrons. The summed E-state index contributed by atoms with van der Waals surface area (Å²) in [6.07, 6.45) is 0. The van der Waals surface area contributed by atoms with Gasteiger partial charge in [-0.05, 0) is 55.5 Å². The number of nitrogens with one attached hydrogen (secondary N) is 1. The Morgan fingerprint density at radius 3 is 2.24 bits per heavy atom. The molecule has 0 unspecified atom stereocenters. The van der Waals surface area contributed by atoms with Crippen LogP contribution in [0.15, 0.2) is 34.8 Å². The molecule has 3 nitrogen and oxygen atoms in total. The smallest absolute Gasteiger partial charge is 0.262 e. The molecular formula is C21H26BrNO2. The minimum Gasteiger partial charge on any atom is -0.483 e. The van der Waals surface area contributed by atoms with Crippen LogP contribution in [0.2, 0.25) is 0 Å². The molecule has 0 atom stereocenters. The average Bonchev–Trinajstić information content (AvgIpc) is 2.48. The molecule has 0 radical (unpaired) electrons. The number of aryl methyl sites for hydroxylation is 3. The lowest BCUT2D eigenvalue weighted by Crippen LogP contribution is -2.22. The Morgan fingerprint density at radius 2 is 1.68 bits per heavy atom. The Labute approximate surface area is 158 Å². The summed E-state index contributed by atoms with van der Waals surface area (Å²) in [6.45, 7) is 12.4. The van der Waals surface area contributed by atoms with E-state index in [1.807, 2.05) is 32.0 Å². The molecule has 0 fully saturated rings. The van der Waals surface area contributed by atoms with Gasteiger partial charge >= 0.3 is 0 Å². The first kappa shape index (κ1) is 19.5. The highest BCUT2D eigenvalue weighted by Gasteiger charge is 2.20. The third-order valence-corrected chi connectivity index (χ3v) is 4.54. The second kappa shape index (κ2) is 7.61.